The van der Waals surface area contributed by atoms with Gasteiger partial charge in [0.25, 0.3) is 5.91 Å². The van der Waals surface area contributed by atoms with Crippen LogP contribution in [0.3, 0.4) is 0 Å². The predicted octanol–water partition coefficient (Wildman–Crippen LogP) is 1.90. The molecule has 0 radical (unpaired) electrons. The van der Waals surface area contributed by atoms with Crippen molar-refractivity contribution < 1.29 is 33.8 Å². The number of nitrogen functional groups attached to an aromatic ring is 1. The first-order valence-electron chi connectivity index (χ1n) is 16.7. The smallest absolute Gasteiger partial charge is 0.255 e. The molecule has 1 unspecified atom stereocenters. The van der Waals surface area contributed by atoms with Gasteiger partial charge in [0.1, 0.15) is 11.8 Å². The van der Waals surface area contributed by atoms with Crippen LogP contribution in [0, 0.1) is 0 Å². The minimum atomic E-state index is -0.628. The Morgan fingerprint density at radius 3 is 2.47 bits per heavy atom. The molecule has 2 fully saturated rings. The van der Waals surface area contributed by atoms with E-state index < -0.39 is 11.9 Å². The molecule has 0 aliphatic carbocycles. The van der Waals surface area contributed by atoms with Crippen molar-refractivity contribution in [2.75, 3.05) is 63.2 Å². The normalized spacial score (nSPS) is 17.8. The van der Waals surface area contributed by atoms with Crippen LogP contribution in [0.4, 0.5) is 11.5 Å². The van der Waals surface area contributed by atoms with Gasteiger partial charge in [-0.25, -0.2) is 0 Å². The molecule has 3 aliphatic rings. The molecular weight excluding hydrogens is 630 g/mol. The maximum atomic E-state index is 13.0. The minimum absolute atomic E-state index is 0.0290. The number of rotatable bonds is 13. The molecule has 1 atom stereocenters. The lowest BCUT2D eigenvalue weighted by Crippen LogP contribution is -2.52. The molecule has 0 saturated carbocycles. The highest BCUT2D eigenvalue weighted by molar-refractivity contribution is 6.05. The third-order valence-electron chi connectivity index (χ3n) is 9.20. The second-order valence-electron chi connectivity index (χ2n) is 12.3. The molecule has 49 heavy (non-hydrogen) atoms. The van der Waals surface area contributed by atoms with E-state index in [4.69, 9.17) is 15.2 Å². The molecule has 2 aromatic carbocycles. The number of carbonyl (C=O) groups is 4. The number of anilines is 2. The fourth-order valence-electron chi connectivity index (χ4n) is 6.55. The molecule has 3 aliphatic heterocycles. The summed E-state index contributed by atoms with van der Waals surface area (Å²) < 4.78 is 11.4. The van der Waals surface area contributed by atoms with Crippen LogP contribution in [0.5, 0.6) is 5.75 Å². The van der Waals surface area contributed by atoms with E-state index in [0.717, 1.165) is 29.7 Å². The number of para-hydroxylation sites is 1. The zero-order valence-corrected chi connectivity index (χ0v) is 27.3. The van der Waals surface area contributed by atoms with Crippen LogP contribution in [0.2, 0.25) is 0 Å². The molecule has 14 heteroatoms. The number of aromatic nitrogens is 2. The Labute approximate surface area is 284 Å². The monoisotopic (exact) mass is 671 g/mol. The van der Waals surface area contributed by atoms with Crippen molar-refractivity contribution >= 4 is 35.1 Å². The summed E-state index contributed by atoms with van der Waals surface area (Å²) in [6.45, 7) is 4.25. The van der Waals surface area contributed by atoms with Gasteiger partial charge in [-0.1, -0.05) is 24.3 Å². The van der Waals surface area contributed by atoms with Crippen molar-refractivity contribution in [3.05, 3.63) is 65.2 Å². The van der Waals surface area contributed by atoms with Crippen molar-refractivity contribution in [2.24, 2.45) is 0 Å². The van der Waals surface area contributed by atoms with Crippen molar-refractivity contribution in [1.82, 2.24) is 25.3 Å². The number of carbonyl (C=O) groups excluding carboxylic acids is 4. The summed E-state index contributed by atoms with van der Waals surface area (Å²) in [5.74, 6) is -0.443. The number of ether oxygens (including phenoxy) is 2. The number of fused-ring (bicyclic) bond motifs is 1. The zero-order chi connectivity index (χ0) is 34.3. The first-order valence-corrected chi connectivity index (χ1v) is 16.7. The Hall–Kier alpha value is -5.08. The second kappa shape index (κ2) is 15.4. The number of aryl methyl sites for hydroxylation is 1. The average Bonchev–Trinajstić information content (AvgIpc) is 3.44. The summed E-state index contributed by atoms with van der Waals surface area (Å²) in [5, 5.41) is 20.8. The van der Waals surface area contributed by atoms with E-state index in [1.54, 1.807) is 29.2 Å². The van der Waals surface area contributed by atoms with Crippen LogP contribution < -0.4 is 16.0 Å². The molecule has 3 aromatic rings. The highest BCUT2D eigenvalue weighted by Gasteiger charge is 2.39. The van der Waals surface area contributed by atoms with Gasteiger partial charge in [0.2, 0.25) is 17.7 Å². The third-order valence-corrected chi connectivity index (χ3v) is 9.20. The standard InChI is InChI=1S/C35H41N7O7/c36-33-29(21-27(38-39-33)25-7-1-2-9-30(25)43)40-13-15-41(16-14-40)32(45)12-18-49-20-19-48-17-4-6-23-5-3-8-24-26(23)22-42(35(24)47)28-10-11-31(44)37-34(28)46/h1-3,5,7-9,21,28,43H,4,6,10-20,22H2,(H2,36,39)(H,37,44,46). The average molecular weight is 672 g/mol. The number of hydrogen-bond acceptors (Lipinski definition) is 11. The van der Waals surface area contributed by atoms with Crippen LogP contribution in [-0.2, 0) is 36.8 Å². The number of nitrogens with two attached hydrogens (primary N) is 1. The van der Waals surface area contributed by atoms with Crippen molar-refractivity contribution in [2.45, 2.75) is 44.7 Å². The molecule has 4 amide bonds. The fourth-order valence-corrected chi connectivity index (χ4v) is 6.55. The number of hydrogen-bond donors (Lipinski definition) is 3. The Kier molecular flexibility index (Phi) is 10.6. The Balaban J connectivity index is 0.857. The van der Waals surface area contributed by atoms with Crippen LogP contribution in [0.1, 0.15) is 47.2 Å². The summed E-state index contributed by atoms with van der Waals surface area (Å²) in [6, 6.07) is 13.8. The highest BCUT2D eigenvalue weighted by Crippen LogP contribution is 2.32. The fraction of sp³-hybridized carbons (Fsp3) is 0.429. The molecule has 0 bridgehead atoms. The van der Waals surface area contributed by atoms with Crippen LogP contribution in [-0.4, -0.2) is 107 Å². The summed E-state index contributed by atoms with van der Waals surface area (Å²) >= 11 is 0. The first kappa shape index (κ1) is 33.8. The van der Waals surface area contributed by atoms with Gasteiger partial charge in [0, 0.05) is 56.9 Å². The van der Waals surface area contributed by atoms with Gasteiger partial charge in [-0.2, -0.15) is 0 Å². The van der Waals surface area contributed by atoms with Crippen LogP contribution >= 0.6 is 0 Å². The van der Waals surface area contributed by atoms with E-state index in [9.17, 15) is 24.3 Å². The number of imide groups is 1. The zero-order valence-electron chi connectivity index (χ0n) is 27.3. The van der Waals surface area contributed by atoms with Gasteiger partial charge in [0.15, 0.2) is 5.82 Å². The number of piperidine rings is 1. The number of aromatic hydroxyl groups is 1. The second-order valence-corrected chi connectivity index (χ2v) is 12.3. The van der Waals surface area contributed by atoms with Gasteiger partial charge in [-0.05, 0) is 54.7 Å². The summed E-state index contributed by atoms with van der Waals surface area (Å²) in [4.78, 5) is 55.2. The van der Waals surface area contributed by atoms with Gasteiger partial charge < -0.3 is 35.0 Å². The molecular formula is C35H41N7O7. The lowest BCUT2D eigenvalue weighted by atomic mass is 10.00. The highest BCUT2D eigenvalue weighted by atomic mass is 16.5. The van der Waals surface area contributed by atoms with E-state index in [1.807, 2.05) is 29.2 Å². The van der Waals surface area contributed by atoms with E-state index >= 15 is 0 Å². The number of nitrogens with zero attached hydrogens (tertiary/aromatic N) is 5. The van der Waals surface area contributed by atoms with Gasteiger partial charge in [-0.15, -0.1) is 10.2 Å². The maximum absolute atomic E-state index is 13.0. The third kappa shape index (κ3) is 7.81. The molecule has 2 saturated heterocycles. The van der Waals surface area contributed by atoms with E-state index in [1.165, 1.54) is 0 Å². The van der Waals surface area contributed by atoms with Crippen LogP contribution in [0.15, 0.2) is 48.5 Å². The number of nitrogens with one attached hydrogen (secondary N) is 1. The lowest BCUT2D eigenvalue weighted by Gasteiger charge is -2.36. The lowest BCUT2D eigenvalue weighted by molar-refractivity contribution is -0.137. The number of benzene rings is 2. The predicted molar refractivity (Wildman–Crippen MR) is 179 cm³/mol. The quantitative estimate of drug-likeness (QED) is 0.178. The van der Waals surface area contributed by atoms with E-state index in [-0.39, 0.29) is 36.3 Å². The molecule has 14 nitrogen and oxygen atoms in total. The van der Waals surface area contributed by atoms with Gasteiger partial charge in [-0.3, -0.25) is 24.5 Å². The molecule has 1 aromatic heterocycles. The van der Waals surface area contributed by atoms with Crippen molar-refractivity contribution in [3.63, 3.8) is 0 Å². The number of piperazine rings is 1. The summed E-state index contributed by atoms with van der Waals surface area (Å²) in [7, 11) is 0. The molecule has 0 spiro atoms. The number of phenolic OH excluding ortho intramolecular Hbond substituents is 1. The topological polar surface area (TPSA) is 181 Å². The van der Waals surface area contributed by atoms with Crippen molar-refractivity contribution in [1.29, 1.82) is 0 Å². The first-order chi connectivity index (χ1) is 23.8. The Morgan fingerprint density at radius 2 is 1.69 bits per heavy atom. The summed E-state index contributed by atoms with van der Waals surface area (Å²) in [6.07, 6.45) is 2.33. The number of phenols is 1. The van der Waals surface area contributed by atoms with Crippen molar-refractivity contribution in [3.8, 4) is 17.0 Å². The summed E-state index contributed by atoms with van der Waals surface area (Å²) in [5.41, 5.74) is 10.6. The van der Waals surface area contributed by atoms with Crippen LogP contribution in [0.25, 0.3) is 11.3 Å². The SMILES string of the molecule is Nc1nnc(-c2ccccc2O)cc1N1CCN(C(=O)CCOCCOCCCc2cccc3c2CN(C2CCC(=O)NC2=O)C3=O)CC1. The largest absolute Gasteiger partial charge is 0.507 e. The number of amides is 4. The van der Waals surface area contributed by atoms with E-state index in [2.05, 4.69) is 20.4 Å². The molecule has 4 heterocycles. The Bertz CT molecular complexity index is 1710. The molecule has 6 rings (SSSR count). The molecule has 4 N–H and O–H groups in total. The minimum Gasteiger partial charge on any atom is -0.507 e. The Morgan fingerprint density at radius 1 is 0.939 bits per heavy atom. The van der Waals surface area contributed by atoms with Gasteiger partial charge in [0.05, 0.1) is 37.6 Å². The van der Waals surface area contributed by atoms with Gasteiger partial charge >= 0.3 is 0 Å². The molecule has 258 valence electrons. The maximum Gasteiger partial charge on any atom is 0.255 e. The van der Waals surface area contributed by atoms with E-state index in [0.29, 0.717) is 88.2 Å².